The second-order valence-electron chi connectivity index (χ2n) is 7.62. The van der Waals surface area contributed by atoms with Crippen molar-refractivity contribution < 1.29 is 14.5 Å². The van der Waals surface area contributed by atoms with Crippen LogP contribution in [0.3, 0.4) is 0 Å². The van der Waals surface area contributed by atoms with E-state index >= 15 is 0 Å². The summed E-state index contributed by atoms with van der Waals surface area (Å²) in [6.45, 7) is 6.09. The second kappa shape index (κ2) is 9.41. The Morgan fingerprint density at radius 2 is 1.78 bits per heavy atom. The first-order valence-corrected chi connectivity index (χ1v) is 11.1. The number of ketones is 1. The van der Waals surface area contributed by atoms with Gasteiger partial charge in [-0.15, -0.1) is 0 Å². The molecule has 4 rings (SSSR count). The quantitative estimate of drug-likeness (QED) is 0.333. The molecule has 0 aliphatic carbocycles. The summed E-state index contributed by atoms with van der Waals surface area (Å²) in [5.74, 6) is -0.175. The van der Waals surface area contributed by atoms with Crippen molar-refractivity contribution >= 4 is 44.1 Å². The van der Waals surface area contributed by atoms with Crippen LogP contribution in [-0.4, -0.2) is 65.8 Å². The summed E-state index contributed by atoms with van der Waals surface area (Å²) in [5.41, 5.74) is 1.98. The Morgan fingerprint density at radius 1 is 1.09 bits per heavy atom. The van der Waals surface area contributed by atoms with E-state index in [0.717, 1.165) is 48.1 Å². The summed E-state index contributed by atoms with van der Waals surface area (Å²) in [7, 11) is 0. The maximum atomic E-state index is 12.3. The first kappa shape index (κ1) is 21.8. The number of hydrogen-bond donors (Lipinski definition) is 1. The molecule has 1 fully saturated rings. The molecule has 166 valence electrons. The standard InChI is InChI=1S/C22H23N5O4S/c1-15(28)16-2-4-17(5-3-16)21(29)23-8-9-25-10-12-26(13-11-25)22-24-19-7-6-18(27(30)31)14-20(19)32-22/h2-7,14H,8-13H2,1H3,(H,23,29). The lowest BCUT2D eigenvalue weighted by molar-refractivity contribution is -0.384. The summed E-state index contributed by atoms with van der Waals surface area (Å²) in [6.07, 6.45) is 0. The highest BCUT2D eigenvalue weighted by atomic mass is 32.1. The Balaban J connectivity index is 1.25. The number of nitrogens with zero attached hydrogens (tertiary/aromatic N) is 4. The van der Waals surface area contributed by atoms with Crippen LogP contribution in [0.15, 0.2) is 42.5 Å². The van der Waals surface area contributed by atoms with E-state index in [1.54, 1.807) is 36.4 Å². The van der Waals surface area contributed by atoms with E-state index in [4.69, 9.17) is 0 Å². The molecule has 0 unspecified atom stereocenters. The molecule has 1 aliphatic heterocycles. The fraction of sp³-hybridized carbons (Fsp3) is 0.318. The van der Waals surface area contributed by atoms with E-state index < -0.39 is 4.92 Å². The molecular formula is C22H23N5O4S. The number of aromatic nitrogens is 1. The van der Waals surface area contributed by atoms with Gasteiger partial charge in [0.1, 0.15) is 0 Å². The number of nitro groups is 1. The lowest BCUT2D eigenvalue weighted by atomic mass is 10.1. The smallest absolute Gasteiger partial charge is 0.270 e. The third kappa shape index (κ3) is 4.92. The van der Waals surface area contributed by atoms with Gasteiger partial charge in [0.05, 0.1) is 15.1 Å². The molecule has 1 saturated heterocycles. The lowest BCUT2D eigenvalue weighted by Crippen LogP contribution is -2.48. The summed E-state index contributed by atoms with van der Waals surface area (Å²) >= 11 is 1.47. The zero-order chi connectivity index (χ0) is 22.7. The molecule has 0 saturated carbocycles. The Bertz CT molecular complexity index is 1150. The Hall–Kier alpha value is -3.37. The number of non-ortho nitro benzene ring substituents is 1. The Kier molecular flexibility index (Phi) is 6.42. The number of anilines is 1. The maximum Gasteiger partial charge on any atom is 0.270 e. The van der Waals surface area contributed by atoms with Crippen LogP contribution in [0.25, 0.3) is 10.2 Å². The van der Waals surface area contributed by atoms with Crippen LogP contribution in [-0.2, 0) is 0 Å². The van der Waals surface area contributed by atoms with Crippen molar-refractivity contribution in [2.45, 2.75) is 6.92 Å². The number of carbonyl (C=O) groups excluding carboxylic acids is 2. The number of benzene rings is 2. The average molecular weight is 454 g/mol. The highest BCUT2D eigenvalue weighted by Gasteiger charge is 2.20. The molecule has 1 aliphatic rings. The molecule has 9 nitrogen and oxygen atoms in total. The number of fused-ring (bicyclic) bond motifs is 1. The van der Waals surface area contributed by atoms with Crippen LogP contribution in [0.1, 0.15) is 27.6 Å². The van der Waals surface area contributed by atoms with Crippen molar-refractivity contribution in [2.75, 3.05) is 44.2 Å². The fourth-order valence-electron chi connectivity index (χ4n) is 3.60. The number of hydrogen-bond acceptors (Lipinski definition) is 8. The molecule has 10 heteroatoms. The summed E-state index contributed by atoms with van der Waals surface area (Å²) in [6, 6.07) is 11.4. The predicted molar refractivity (Wildman–Crippen MR) is 124 cm³/mol. The predicted octanol–water partition coefficient (Wildman–Crippen LogP) is 2.96. The monoisotopic (exact) mass is 453 g/mol. The van der Waals surface area contributed by atoms with Gasteiger partial charge >= 0.3 is 0 Å². The number of thiazole rings is 1. The normalized spacial score (nSPS) is 14.5. The van der Waals surface area contributed by atoms with Gasteiger partial charge in [0.2, 0.25) is 0 Å². The lowest BCUT2D eigenvalue weighted by Gasteiger charge is -2.34. The zero-order valence-corrected chi connectivity index (χ0v) is 18.4. The zero-order valence-electron chi connectivity index (χ0n) is 17.6. The van der Waals surface area contributed by atoms with Crippen LogP contribution < -0.4 is 10.2 Å². The van der Waals surface area contributed by atoms with Crippen LogP contribution in [0.2, 0.25) is 0 Å². The molecular weight excluding hydrogens is 430 g/mol. The Morgan fingerprint density at radius 3 is 2.44 bits per heavy atom. The van der Waals surface area contributed by atoms with E-state index in [1.807, 2.05) is 0 Å². The minimum atomic E-state index is -0.391. The SMILES string of the molecule is CC(=O)c1ccc(C(=O)NCCN2CCN(c3nc4ccc([N+](=O)[O-])cc4s3)CC2)cc1. The van der Waals surface area contributed by atoms with Crippen LogP contribution in [0.4, 0.5) is 10.8 Å². The molecule has 0 radical (unpaired) electrons. The number of amides is 1. The van der Waals surface area contributed by atoms with E-state index in [9.17, 15) is 19.7 Å². The third-order valence-corrected chi connectivity index (χ3v) is 6.56. The van der Waals surface area contributed by atoms with Crippen molar-refractivity contribution in [3.05, 3.63) is 63.7 Å². The number of piperazine rings is 1. The number of Topliss-reactive ketones (excluding diaryl/α,β-unsaturated/α-hetero) is 1. The van der Waals surface area contributed by atoms with Gasteiger partial charge in [0.25, 0.3) is 11.6 Å². The summed E-state index contributed by atoms with van der Waals surface area (Å²) in [5, 5.41) is 14.8. The highest BCUT2D eigenvalue weighted by Crippen LogP contribution is 2.31. The molecule has 2 heterocycles. The maximum absolute atomic E-state index is 12.3. The Labute approximate surface area is 188 Å². The van der Waals surface area contributed by atoms with Gasteiger partial charge in [0, 0.05) is 62.5 Å². The average Bonchev–Trinajstić information content (AvgIpc) is 3.23. The van der Waals surface area contributed by atoms with E-state index in [2.05, 4.69) is 20.1 Å². The summed E-state index contributed by atoms with van der Waals surface area (Å²) in [4.78, 5) is 43.3. The van der Waals surface area contributed by atoms with E-state index in [0.29, 0.717) is 17.7 Å². The third-order valence-electron chi connectivity index (χ3n) is 5.48. The molecule has 1 amide bonds. The van der Waals surface area contributed by atoms with Crippen molar-refractivity contribution in [3.8, 4) is 0 Å². The largest absolute Gasteiger partial charge is 0.351 e. The van der Waals surface area contributed by atoms with Crippen molar-refractivity contribution in [2.24, 2.45) is 0 Å². The number of nitrogens with one attached hydrogen (secondary N) is 1. The van der Waals surface area contributed by atoms with Gasteiger partial charge in [-0.05, 0) is 25.1 Å². The van der Waals surface area contributed by atoms with Crippen LogP contribution >= 0.6 is 11.3 Å². The van der Waals surface area contributed by atoms with Gasteiger partial charge in [0.15, 0.2) is 10.9 Å². The fourth-order valence-corrected chi connectivity index (χ4v) is 4.65. The molecule has 2 aromatic carbocycles. The van der Waals surface area contributed by atoms with E-state index in [1.165, 1.54) is 24.3 Å². The second-order valence-corrected chi connectivity index (χ2v) is 8.63. The molecule has 0 spiro atoms. The molecule has 32 heavy (non-hydrogen) atoms. The molecule has 1 N–H and O–H groups in total. The van der Waals surface area contributed by atoms with Crippen molar-refractivity contribution in [1.29, 1.82) is 0 Å². The molecule has 1 aromatic heterocycles. The highest BCUT2D eigenvalue weighted by molar-refractivity contribution is 7.22. The first-order chi connectivity index (χ1) is 15.4. The first-order valence-electron chi connectivity index (χ1n) is 10.3. The minimum Gasteiger partial charge on any atom is -0.351 e. The van der Waals surface area contributed by atoms with Crippen molar-refractivity contribution in [1.82, 2.24) is 15.2 Å². The van der Waals surface area contributed by atoms with Gasteiger partial charge in [-0.3, -0.25) is 24.6 Å². The molecule has 0 bridgehead atoms. The van der Waals surface area contributed by atoms with Gasteiger partial charge in [-0.2, -0.15) is 0 Å². The number of rotatable bonds is 7. The van der Waals surface area contributed by atoms with Gasteiger partial charge < -0.3 is 10.2 Å². The van der Waals surface area contributed by atoms with E-state index in [-0.39, 0.29) is 17.4 Å². The number of carbonyl (C=O) groups is 2. The summed E-state index contributed by atoms with van der Waals surface area (Å²) < 4.78 is 0.815. The van der Waals surface area contributed by atoms with Gasteiger partial charge in [-0.25, -0.2) is 4.98 Å². The molecule has 0 atom stereocenters. The van der Waals surface area contributed by atoms with Crippen molar-refractivity contribution in [3.63, 3.8) is 0 Å². The van der Waals surface area contributed by atoms with Crippen LogP contribution in [0.5, 0.6) is 0 Å². The van der Waals surface area contributed by atoms with Gasteiger partial charge in [-0.1, -0.05) is 23.5 Å². The minimum absolute atomic E-state index is 0.0248. The topological polar surface area (TPSA) is 109 Å². The number of nitro benzene ring substituents is 1. The van der Waals surface area contributed by atoms with Crippen LogP contribution in [0, 0.1) is 10.1 Å². The molecule has 3 aromatic rings.